The Bertz CT molecular complexity index is 501. The van der Waals surface area contributed by atoms with Crippen LogP contribution in [0.4, 0.5) is 0 Å². The highest BCUT2D eigenvalue weighted by molar-refractivity contribution is 5.05. The molecule has 19 heavy (non-hydrogen) atoms. The normalized spacial score (nSPS) is 11.2. The average Bonchev–Trinajstić information content (AvgIpc) is 2.79. The molecule has 0 aliphatic carbocycles. The van der Waals surface area contributed by atoms with Crippen LogP contribution in [0.3, 0.4) is 0 Å². The van der Waals surface area contributed by atoms with Gasteiger partial charge in [-0.1, -0.05) is 13.8 Å². The van der Waals surface area contributed by atoms with Crippen LogP contribution in [0.1, 0.15) is 30.9 Å². The Labute approximate surface area is 114 Å². The Morgan fingerprint density at radius 3 is 2.74 bits per heavy atom. The molecule has 0 aromatic carbocycles. The molecule has 2 aromatic heterocycles. The number of nitrogens with one attached hydrogen (secondary N) is 1. The van der Waals surface area contributed by atoms with Gasteiger partial charge in [0.2, 0.25) is 0 Å². The van der Waals surface area contributed by atoms with E-state index in [0.717, 1.165) is 24.5 Å². The molecule has 2 aromatic rings. The van der Waals surface area contributed by atoms with Gasteiger partial charge in [-0.15, -0.1) is 0 Å². The Morgan fingerprint density at radius 2 is 2.05 bits per heavy atom. The fourth-order valence-electron chi connectivity index (χ4n) is 1.80. The molecule has 102 valence electrons. The SMILES string of the molecule is Cc1cnc(Cn2cncc2CNCC(C)C)cn1. The van der Waals surface area contributed by atoms with E-state index in [0.29, 0.717) is 12.5 Å². The first kappa shape index (κ1) is 13.7. The van der Waals surface area contributed by atoms with Gasteiger partial charge in [0.1, 0.15) is 0 Å². The lowest BCUT2D eigenvalue weighted by Gasteiger charge is -2.10. The maximum Gasteiger partial charge on any atom is 0.0952 e. The minimum absolute atomic E-state index is 0.652. The van der Waals surface area contributed by atoms with E-state index in [-0.39, 0.29) is 0 Å². The highest BCUT2D eigenvalue weighted by Crippen LogP contribution is 2.04. The molecule has 0 saturated heterocycles. The molecule has 0 aliphatic heterocycles. The van der Waals surface area contributed by atoms with E-state index in [1.807, 2.05) is 25.6 Å². The van der Waals surface area contributed by atoms with Gasteiger partial charge in [0.15, 0.2) is 0 Å². The van der Waals surface area contributed by atoms with E-state index < -0.39 is 0 Å². The lowest BCUT2D eigenvalue weighted by molar-refractivity contribution is 0.538. The Kier molecular flexibility index (Phi) is 4.63. The van der Waals surface area contributed by atoms with Crippen molar-refractivity contribution in [2.24, 2.45) is 5.92 Å². The zero-order valence-corrected chi connectivity index (χ0v) is 11.8. The van der Waals surface area contributed by atoms with E-state index in [9.17, 15) is 0 Å². The first-order chi connectivity index (χ1) is 9.15. The third kappa shape index (κ3) is 4.13. The largest absolute Gasteiger partial charge is 0.327 e. The second kappa shape index (κ2) is 6.43. The highest BCUT2D eigenvalue weighted by Gasteiger charge is 2.04. The van der Waals surface area contributed by atoms with Crippen molar-refractivity contribution in [1.29, 1.82) is 0 Å². The molecule has 2 heterocycles. The minimum Gasteiger partial charge on any atom is -0.327 e. The number of nitrogens with zero attached hydrogens (tertiary/aromatic N) is 4. The van der Waals surface area contributed by atoms with Crippen LogP contribution < -0.4 is 5.32 Å². The van der Waals surface area contributed by atoms with Crippen LogP contribution in [0, 0.1) is 12.8 Å². The number of aromatic nitrogens is 4. The zero-order chi connectivity index (χ0) is 13.7. The third-order valence-electron chi connectivity index (χ3n) is 2.82. The lowest BCUT2D eigenvalue weighted by atomic mass is 10.2. The van der Waals surface area contributed by atoms with Crippen molar-refractivity contribution in [2.75, 3.05) is 6.54 Å². The fourth-order valence-corrected chi connectivity index (χ4v) is 1.80. The summed E-state index contributed by atoms with van der Waals surface area (Å²) in [6.45, 7) is 8.90. The predicted octanol–water partition coefficient (Wildman–Crippen LogP) is 1.78. The summed E-state index contributed by atoms with van der Waals surface area (Å²) in [4.78, 5) is 12.8. The molecular weight excluding hydrogens is 238 g/mol. The molecule has 0 radical (unpaired) electrons. The zero-order valence-electron chi connectivity index (χ0n) is 11.8. The van der Waals surface area contributed by atoms with Gasteiger partial charge in [-0.25, -0.2) is 4.98 Å². The van der Waals surface area contributed by atoms with Crippen LogP contribution in [0.5, 0.6) is 0 Å². The quantitative estimate of drug-likeness (QED) is 0.859. The monoisotopic (exact) mass is 259 g/mol. The van der Waals surface area contributed by atoms with Crippen LogP contribution in [0.15, 0.2) is 24.9 Å². The van der Waals surface area contributed by atoms with Crippen molar-refractivity contribution in [3.05, 3.63) is 42.0 Å². The molecule has 5 nitrogen and oxygen atoms in total. The van der Waals surface area contributed by atoms with E-state index >= 15 is 0 Å². The number of aryl methyl sites for hydroxylation is 1. The Balaban J connectivity index is 1.97. The van der Waals surface area contributed by atoms with Crippen molar-refractivity contribution >= 4 is 0 Å². The molecule has 0 atom stereocenters. The second-order valence-electron chi connectivity index (χ2n) is 5.19. The van der Waals surface area contributed by atoms with Crippen LogP contribution in [0.2, 0.25) is 0 Å². The molecule has 5 heteroatoms. The maximum absolute atomic E-state index is 4.37. The number of rotatable bonds is 6. The summed E-state index contributed by atoms with van der Waals surface area (Å²) in [6.07, 6.45) is 7.35. The molecule has 2 rings (SSSR count). The van der Waals surface area contributed by atoms with Crippen molar-refractivity contribution in [2.45, 2.75) is 33.9 Å². The Morgan fingerprint density at radius 1 is 1.21 bits per heavy atom. The van der Waals surface area contributed by atoms with Crippen LogP contribution in [0.25, 0.3) is 0 Å². The maximum atomic E-state index is 4.37. The van der Waals surface area contributed by atoms with Gasteiger partial charge >= 0.3 is 0 Å². The van der Waals surface area contributed by atoms with Gasteiger partial charge in [-0.2, -0.15) is 0 Å². The highest BCUT2D eigenvalue weighted by atomic mass is 15.1. The van der Waals surface area contributed by atoms with Gasteiger partial charge < -0.3 is 9.88 Å². The van der Waals surface area contributed by atoms with Crippen molar-refractivity contribution in [1.82, 2.24) is 24.8 Å². The summed E-state index contributed by atoms with van der Waals surface area (Å²) < 4.78 is 2.10. The van der Waals surface area contributed by atoms with Crippen molar-refractivity contribution < 1.29 is 0 Å². The van der Waals surface area contributed by atoms with Gasteiger partial charge in [-0.3, -0.25) is 9.97 Å². The predicted molar refractivity (Wildman–Crippen MR) is 74.6 cm³/mol. The molecule has 0 bridgehead atoms. The summed E-state index contributed by atoms with van der Waals surface area (Å²) in [5.74, 6) is 0.652. The number of hydrogen-bond donors (Lipinski definition) is 1. The van der Waals surface area contributed by atoms with Crippen LogP contribution >= 0.6 is 0 Å². The van der Waals surface area contributed by atoms with Crippen molar-refractivity contribution in [3.8, 4) is 0 Å². The third-order valence-corrected chi connectivity index (χ3v) is 2.82. The average molecular weight is 259 g/mol. The minimum atomic E-state index is 0.652. The molecule has 0 saturated carbocycles. The first-order valence-corrected chi connectivity index (χ1v) is 6.62. The summed E-state index contributed by atoms with van der Waals surface area (Å²) in [5, 5.41) is 3.43. The number of imidazole rings is 1. The van der Waals surface area contributed by atoms with E-state index in [1.165, 1.54) is 5.69 Å². The second-order valence-corrected chi connectivity index (χ2v) is 5.19. The van der Waals surface area contributed by atoms with Crippen molar-refractivity contribution in [3.63, 3.8) is 0 Å². The summed E-state index contributed by atoms with van der Waals surface area (Å²) >= 11 is 0. The Hall–Kier alpha value is -1.75. The topological polar surface area (TPSA) is 55.6 Å². The first-order valence-electron chi connectivity index (χ1n) is 6.62. The fraction of sp³-hybridized carbons (Fsp3) is 0.500. The van der Waals surface area contributed by atoms with Gasteiger partial charge in [0, 0.05) is 18.9 Å². The van der Waals surface area contributed by atoms with Crippen LogP contribution in [-0.2, 0) is 13.1 Å². The number of hydrogen-bond acceptors (Lipinski definition) is 4. The summed E-state index contributed by atoms with van der Waals surface area (Å²) in [5.41, 5.74) is 3.06. The van der Waals surface area contributed by atoms with Crippen LogP contribution in [-0.4, -0.2) is 26.1 Å². The molecule has 1 N–H and O–H groups in total. The smallest absolute Gasteiger partial charge is 0.0952 e. The molecule has 0 fully saturated rings. The molecule has 0 spiro atoms. The van der Waals surface area contributed by atoms with E-state index in [4.69, 9.17) is 0 Å². The molecule has 0 amide bonds. The summed E-state index contributed by atoms with van der Waals surface area (Å²) in [6, 6.07) is 0. The molecule has 0 unspecified atom stereocenters. The van der Waals surface area contributed by atoms with Gasteiger partial charge in [0.25, 0.3) is 0 Å². The van der Waals surface area contributed by atoms with Gasteiger partial charge in [-0.05, 0) is 19.4 Å². The molecular formula is C14H21N5. The van der Waals surface area contributed by atoms with E-state index in [2.05, 4.69) is 38.7 Å². The molecule has 0 aliphatic rings. The standard InChI is InChI=1S/C14H21N5/c1-11(2)4-15-7-14-8-16-10-19(14)9-13-6-17-12(3)5-18-13/h5-6,8,10-11,15H,4,7,9H2,1-3H3. The van der Waals surface area contributed by atoms with Gasteiger partial charge in [0.05, 0.1) is 36.2 Å². The summed E-state index contributed by atoms with van der Waals surface area (Å²) in [7, 11) is 0. The lowest BCUT2D eigenvalue weighted by Crippen LogP contribution is -2.21. The van der Waals surface area contributed by atoms with E-state index in [1.54, 1.807) is 6.20 Å².